The zero-order chi connectivity index (χ0) is 15.2. The summed E-state index contributed by atoms with van der Waals surface area (Å²) in [6.45, 7) is 0. The quantitative estimate of drug-likeness (QED) is 0.726. The van der Waals surface area contributed by atoms with Crippen LogP contribution in [0, 0.1) is 5.82 Å². The van der Waals surface area contributed by atoms with Crippen LogP contribution in [0.1, 0.15) is 33.8 Å². The highest BCUT2D eigenvalue weighted by atomic mass is 32.1. The number of carbonyl (C=O) groups is 1. The first-order valence-corrected chi connectivity index (χ1v) is 7.08. The van der Waals surface area contributed by atoms with Gasteiger partial charge in [-0.2, -0.15) is 13.2 Å². The van der Waals surface area contributed by atoms with E-state index in [9.17, 15) is 22.4 Å². The van der Waals surface area contributed by atoms with E-state index >= 15 is 0 Å². The Morgan fingerprint density at radius 3 is 2.62 bits per heavy atom. The summed E-state index contributed by atoms with van der Waals surface area (Å²) in [5.41, 5.74) is -1.02. The molecule has 0 saturated carbocycles. The molecule has 0 bridgehead atoms. The SMILES string of the molecule is O=C1CCCc2sc(-c3cc(F)ccc3C(F)(F)F)nc21. The molecule has 1 aromatic heterocycles. The van der Waals surface area contributed by atoms with Crippen molar-refractivity contribution in [1.29, 1.82) is 0 Å². The third kappa shape index (κ3) is 2.57. The van der Waals surface area contributed by atoms with Crippen LogP contribution >= 0.6 is 11.3 Å². The van der Waals surface area contributed by atoms with Gasteiger partial charge in [-0.25, -0.2) is 9.37 Å². The summed E-state index contributed by atoms with van der Waals surface area (Å²) in [6, 6.07) is 2.29. The second-order valence-electron chi connectivity index (χ2n) is 4.76. The van der Waals surface area contributed by atoms with E-state index in [0.29, 0.717) is 30.2 Å². The second-order valence-corrected chi connectivity index (χ2v) is 5.84. The van der Waals surface area contributed by atoms with Gasteiger partial charge in [-0.1, -0.05) is 0 Å². The average Bonchev–Trinajstić information content (AvgIpc) is 2.82. The first-order chi connectivity index (χ1) is 9.86. The molecule has 0 saturated heterocycles. The highest BCUT2D eigenvalue weighted by molar-refractivity contribution is 7.15. The number of alkyl halides is 3. The Morgan fingerprint density at radius 2 is 1.95 bits per heavy atom. The molecule has 2 aromatic rings. The van der Waals surface area contributed by atoms with Crippen molar-refractivity contribution in [2.24, 2.45) is 0 Å². The minimum Gasteiger partial charge on any atom is -0.292 e. The van der Waals surface area contributed by atoms with E-state index in [1.807, 2.05) is 0 Å². The monoisotopic (exact) mass is 315 g/mol. The molecule has 0 aliphatic heterocycles. The van der Waals surface area contributed by atoms with E-state index in [2.05, 4.69) is 4.98 Å². The molecule has 0 radical (unpaired) electrons. The molecular formula is C14H9F4NOS. The summed E-state index contributed by atoms with van der Waals surface area (Å²) < 4.78 is 52.4. The maximum Gasteiger partial charge on any atom is 0.417 e. The topological polar surface area (TPSA) is 30.0 Å². The van der Waals surface area contributed by atoms with Gasteiger partial charge in [0.05, 0.1) is 5.56 Å². The first-order valence-electron chi connectivity index (χ1n) is 6.26. The third-order valence-corrected chi connectivity index (χ3v) is 4.43. The molecule has 0 amide bonds. The van der Waals surface area contributed by atoms with E-state index in [1.165, 1.54) is 0 Å². The van der Waals surface area contributed by atoms with Crippen LogP contribution in [0.5, 0.6) is 0 Å². The molecule has 110 valence electrons. The fourth-order valence-electron chi connectivity index (χ4n) is 2.32. The van der Waals surface area contributed by atoms with Gasteiger partial charge < -0.3 is 0 Å². The molecule has 1 aliphatic rings. The van der Waals surface area contributed by atoms with Crippen LogP contribution in [0.25, 0.3) is 10.6 Å². The van der Waals surface area contributed by atoms with Crippen LogP contribution in [0.2, 0.25) is 0 Å². The van der Waals surface area contributed by atoms with Crippen molar-refractivity contribution < 1.29 is 22.4 Å². The fourth-order valence-corrected chi connectivity index (χ4v) is 3.47. The minimum absolute atomic E-state index is 0.0436. The number of benzene rings is 1. The van der Waals surface area contributed by atoms with Crippen LogP contribution < -0.4 is 0 Å². The van der Waals surface area contributed by atoms with Crippen molar-refractivity contribution in [3.8, 4) is 10.6 Å². The number of ketones is 1. The van der Waals surface area contributed by atoms with Gasteiger partial charge in [-0.3, -0.25) is 4.79 Å². The van der Waals surface area contributed by atoms with E-state index in [0.717, 1.165) is 23.5 Å². The number of thiazole rings is 1. The second kappa shape index (κ2) is 4.91. The number of nitrogens with zero attached hydrogens (tertiary/aromatic N) is 1. The van der Waals surface area contributed by atoms with Crippen molar-refractivity contribution >= 4 is 17.1 Å². The molecule has 1 heterocycles. The molecule has 0 atom stereocenters. The molecule has 0 fully saturated rings. The molecule has 7 heteroatoms. The number of hydrogen-bond acceptors (Lipinski definition) is 3. The Bertz CT molecular complexity index is 720. The van der Waals surface area contributed by atoms with E-state index in [1.54, 1.807) is 0 Å². The van der Waals surface area contributed by atoms with Gasteiger partial charge in [0.2, 0.25) is 0 Å². The summed E-state index contributed by atoms with van der Waals surface area (Å²) in [5, 5.41) is 0.0436. The molecule has 0 N–H and O–H groups in total. The van der Waals surface area contributed by atoms with Crippen LogP contribution in [-0.4, -0.2) is 10.8 Å². The van der Waals surface area contributed by atoms with Crippen LogP contribution in [0.4, 0.5) is 17.6 Å². The van der Waals surface area contributed by atoms with Gasteiger partial charge in [0.25, 0.3) is 0 Å². The number of hydrogen-bond donors (Lipinski definition) is 0. The van der Waals surface area contributed by atoms with Gasteiger partial charge in [-0.05, 0) is 31.0 Å². The predicted molar refractivity (Wildman–Crippen MR) is 69.8 cm³/mol. The van der Waals surface area contributed by atoms with E-state index < -0.39 is 17.6 Å². The Labute approximate surface area is 121 Å². The predicted octanol–water partition coefficient (Wildman–Crippen LogP) is 4.49. The Kier molecular flexibility index (Phi) is 3.32. The maximum atomic E-state index is 13.3. The van der Waals surface area contributed by atoms with Gasteiger partial charge in [0.1, 0.15) is 16.5 Å². The number of fused-ring (bicyclic) bond motifs is 1. The van der Waals surface area contributed by atoms with Crippen LogP contribution in [0.15, 0.2) is 18.2 Å². The summed E-state index contributed by atoms with van der Waals surface area (Å²) in [7, 11) is 0. The molecule has 0 spiro atoms. The summed E-state index contributed by atoms with van der Waals surface area (Å²) >= 11 is 1.03. The van der Waals surface area contributed by atoms with Crippen LogP contribution in [-0.2, 0) is 12.6 Å². The molecular weight excluding hydrogens is 306 g/mol. The number of aromatic nitrogens is 1. The van der Waals surface area contributed by atoms with Gasteiger partial charge in [0.15, 0.2) is 5.78 Å². The lowest BCUT2D eigenvalue weighted by Gasteiger charge is -2.10. The van der Waals surface area contributed by atoms with E-state index in [4.69, 9.17) is 0 Å². The zero-order valence-corrected chi connectivity index (χ0v) is 11.4. The highest BCUT2D eigenvalue weighted by Crippen LogP contribution is 2.40. The molecule has 0 unspecified atom stereocenters. The number of carbonyl (C=O) groups excluding carboxylic acids is 1. The van der Waals surface area contributed by atoms with Crippen molar-refractivity contribution in [1.82, 2.24) is 4.98 Å². The summed E-state index contributed by atoms with van der Waals surface area (Å²) in [4.78, 5) is 16.4. The smallest absolute Gasteiger partial charge is 0.292 e. The van der Waals surface area contributed by atoms with Crippen molar-refractivity contribution in [2.75, 3.05) is 0 Å². The van der Waals surface area contributed by atoms with Gasteiger partial charge in [0, 0.05) is 16.9 Å². The molecule has 1 aliphatic carbocycles. The largest absolute Gasteiger partial charge is 0.417 e. The van der Waals surface area contributed by atoms with Gasteiger partial charge in [-0.15, -0.1) is 11.3 Å². The lowest BCUT2D eigenvalue weighted by atomic mass is 10.0. The third-order valence-electron chi connectivity index (χ3n) is 3.29. The summed E-state index contributed by atoms with van der Waals surface area (Å²) in [5.74, 6) is -0.929. The van der Waals surface area contributed by atoms with Crippen LogP contribution in [0.3, 0.4) is 0 Å². The van der Waals surface area contributed by atoms with Crippen molar-refractivity contribution in [3.05, 3.63) is 40.2 Å². The molecule has 1 aromatic carbocycles. The lowest BCUT2D eigenvalue weighted by Crippen LogP contribution is -2.09. The molecule has 21 heavy (non-hydrogen) atoms. The summed E-state index contributed by atoms with van der Waals surface area (Å²) in [6.07, 6.45) is -2.96. The Hall–Kier alpha value is -1.76. The molecule has 2 nitrogen and oxygen atoms in total. The first kappa shape index (κ1) is 14.2. The lowest BCUT2D eigenvalue weighted by molar-refractivity contribution is -0.137. The minimum atomic E-state index is -4.60. The standard InChI is InChI=1S/C14H9F4NOS/c15-7-4-5-9(14(16,17)18)8(6-7)13-19-12-10(20)2-1-3-11(12)21-13/h4-6H,1-3H2. The van der Waals surface area contributed by atoms with Gasteiger partial charge >= 0.3 is 6.18 Å². The Balaban J connectivity index is 2.17. The van der Waals surface area contributed by atoms with Crippen molar-refractivity contribution in [2.45, 2.75) is 25.4 Å². The number of halogens is 4. The van der Waals surface area contributed by atoms with Crippen molar-refractivity contribution in [3.63, 3.8) is 0 Å². The fraction of sp³-hybridized carbons (Fsp3) is 0.286. The highest BCUT2D eigenvalue weighted by Gasteiger charge is 2.35. The normalized spacial score (nSPS) is 15.1. The average molecular weight is 315 g/mol. The zero-order valence-electron chi connectivity index (χ0n) is 10.6. The maximum absolute atomic E-state index is 13.3. The number of rotatable bonds is 1. The number of Topliss-reactive ketones (excluding diaryl/α,β-unsaturated/α-hetero) is 1. The van der Waals surface area contributed by atoms with E-state index in [-0.39, 0.29) is 22.0 Å². The Morgan fingerprint density at radius 1 is 1.19 bits per heavy atom. The molecule has 3 rings (SSSR count). The number of aryl methyl sites for hydroxylation is 1.